The van der Waals surface area contributed by atoms with Gasteiger partial charge in [-0.15, -0.1) is 6.58 Å². The molecule has 0 aromatic rings. The molecule has 1 aliphatic heterocycles. The highest BCUT2D eigenvalue weighted by molar-refractivity contribution is 6.76. The minimum Gasteiger partial charge on any atom is -0.393 e. The van der Waals surface area contributed by atoms with Gasteiger partial charge >= 0.3 is 0 Å². The van der Waals surface area contributed by atoms with Crippen LogP contribution in [-0.2, 0) is 9.78 Å². The molecule has 0 aliphatic carbocycles. The summed E-state index contributed by atoms with van der Waals surface area (Å²) in [5.74, 6) is 0. The van der Waals surface area contributed by atoms with Crippen LogP contribution in [0.25, 0.3) is 0 Å². The van der Waals surface area contributed by atoms with Gasteiger partial charge in [0.1, 0.15) is 5.60 Å². The molecule has 0 aromatic carbocycles. The first-order chi connectivity index (χ1) is 8.74. The number of hydrogen-bond acceptors (Lipinski definition) is 3. The second kappa shape index (κ2) is 7.02. The lowest BCUT2D eigenvalue weighted by Gasteiger charge is -2.21. The Balaban J connectivity index is 2.28. The Morgan fingerprint density at radius 3 is 2.74 bits per heavy atom. The largest absolute Gasteiger partial charge is 0.393 e. The van der Waals surface area contributed by atoms with E-state index in [-0.39, 0.29) is 17.8 Å². The highest BCUT2D eigenvalue weighted by Crippen LogP contribution is 2.36. The van der Waals surface area contributed by atoms with Crippen LogP contribution in [-0.4, -0.2) is 31.0 Å². The van der Waals surface area contributed by atoms with Gasteiger partial charge in [0.25, 0.3) is 0 Å². The van der Waals surface area contributed by atoms with E-state index in [4.69, 9.17) is 9.78 Å². The summed E-state index contributed by atoms with van der Waals surface area (Å²) in [6.45, 7) is 12.8. The quantitative estimate of drug-likeness (QED) is 0.418. The molecule has 1 unspecified atom stereocenters. The standard InChI is InChI=1S/C15H30O3Si/c1-6-8-13(16)9-7-10-15(2)11-14(17-18-15)12-19(3,4)5/h6,13-14,16H,1,7-12H2,2-5H3/t13?,14-,15+/m0/s1. The summed E-state index contributed by atoms with van der Waals surface area (Å²) >= 11 is 0. The molecule has 3 nitrogen and oxygen atoms in total. The van der Waals surface area contributed by atoms with Gasteiger partial charge in [-0.1, -0.05) is 25.7 Å². The summed E-state index contributed by atoms with van der Waals surface area (Å²) in [7, 11) is -1.10. The maximum atomic E-state index is 9.67. The highest BCUT2D eigenvalue weighted by Gasteiger charge is 2.39. The van der Waals surface area contributed by atoms with Gasteiger partial charge in [0.15, 0.2) is 0 Å². The van der Waals surface area contributed by atoms with E-state index in [1.165, 1.54) is 0 Å². The SMILES string of the molecule is C=CCC(O)CCC[C@]1(C)C[C@@H](C[Si](C)(C)C)OO1. The van der Waals surface area contributed by atoms with Gasteiger partial charge in [-0.25, -0.2) is 9.78 Å². The molecule has 0 bridgehead atoms. The van der Waals surface area contributed by atoms with Crippen LogP contribution in [0.3, 0.4) is 0 Å². The molecule has 1 aliphatic rings. The fourth-order valence-electron chi connectivity index (χ4n) is 2.69. The van der Waals surface area contributed by atoms with E-state index < -0.39 is 8.07 Å². The molecule has 1 saturated heterocycles. The van der Waals surface area contributed by atoms with Crippen molar-refractivity contribution in [1.82, 2.24) is 0 Å². The van der Waals surface area contributed by atoms with E-state index in [1.807, 2.05) is 0 Å². The van der Waals surface area contributed by atoms with E-state index in [0.717, 1.165) is 31.7 Å². The normalized spacial score (nSPS) is 29.4. The minimum absolute atomic E-state index is 0.168. The Labute approximate surface area is 118 Å². The zero-order chi connectivity index (χ0) is 14.5. The third-order valence-electron chi connectivity index (χ3n) is 3.57. The molecule has 0 amide bonds. The van der Waals surface area contributed by atoms with E-state index in [1.54, 1.807) is 6.08 Å². The van der Waals surface area contributed by atoms with Crippen molar-refractivity contribution < 1.29 is 14.9 Å². The van der Waals surface area contributed by atoms with Crippen molar-refractivity contribution in [3.05, 3.63) is 12.7 Å². The first kappa shape index (κ1) is 16.9. The molecule has 0 spiro atoms. The van der Waals surface area contributed by atoms with Crippen molar-refractivity contribution in [3.63, 3.8) is 0 Å². The first-order valence-electron chi connectivity index (χ1n) is 7.37. The molecule has 19 heavy (non-hydrogen) atoms. The Kier molecular flexibility index (Phi) is 6.24. The molecule has 4 heteroatoms. The van der Waals surface area contributed by atoms with Crippen LogP contribution in [0, 0.1) is 0 Å². The maximum absolute atomic E-state index is 9.67. The van der Waals surface area contributed by atoms with Gasteiger partial charge < -0.3 is 5.11 Å². The lowest BCUT2D eigenvalue weighted by Crippen LogP contribution is -2.28. The van der Waals surface area contributed by atoms with Crippen molar-refractivity contribution in [2.75, 3.05) is 0 Å². The Morgan fingerprint density at radius 1 is 1.47 bits per heavy atom. The molecule has 3 atom stereocenters. The second-order valence-corrected chi connectivity index (χ2v) is 12.8. The fourth-order valence-corrected chi connectivity index (χ4v) is 4.27. The molecule has 112 valence electrons. The van der Waals surface area contributed by atoms with Crippen LogP contribution in [0.1, 0.15) is 39.0 Å². The first-order valence-corrected chi connectivity index (χ1v) is 11.1. The number of aliphatic hydroxyl groups is 1. The van der Waals surface area contributed by atoms with Crippen molar-refractivity contribution >= 4 is 8.07 Å². The molecule has 1 rings (SSSR count). The number of hydrogen-bond donors (Lipinski definition) is 1. The van der Waals surface area contributed by atoms with Crippen LogP contribution < -0.4 is 0 Å². The van der Waals surface area contributed by atoms with Gasteiger partial charge in [0.05, 0.1) is 12.2 Å². The summed E-state index contributed by atoms with van der Waals surface area (Å²) in [5.41, 5.74) is -0.168. The van der Waals surface area contributed by atoms with Crippen LogP contribution >= 0.6 is 0 Å². The minimum atomic E-state index is -1.10. The monoisotopic (exact) mass is 286 g/mol. The molecule has 0 radical (unpaired) electrons. The Morgan fingerprint density at radius 2 is 2.16 bits per heavy atom. The van der Waals surface area contributed by atoms with Crippen molar-refractivity contribution in [1.29, 1.82) is 0 Å². The van der Waals surface area contributed by atoms with Crippen LogP contribution in [0.2, 0.25) is 25.7 Å². The third kappa shape index (κ3) is 6.70. The Hall–Kier alpha value is -0.163. The molecular formula is C15H30O3Si. The topological polar surface area (TPSA) is 38.7 Å². The number of aliphatic hydroxyl groups excluding tert-OH is 1. The summed E-state index contributed by atoms with van der Waals surface area (Å²) in [6.07, 6.45) is 6.14. The summed E-state index contributed by atoms with van der Waals surface area (Å²) in [6, 6.07) is 1.15. The number of rotatable bonds is 8. The lowest BCUT2D eigenvalue weighted by molar-refractivity contribution is -0.321. The fraction of sp³-hybridized carbons (Fsp3) is 0.867. The summed E-state index contributed by atoms with van der Waals surface area (Å²) in [5, 5.41) is 9.67. The zero-order valence-corrected chi connectivity index (χ0v) is 13.9. The molecule has 1 fully saturated rings. The van der Waals surface area contributed by atoms with E-state index in [9.17, 15) is 5.11 Å². The van der Waals surface area contributed by atoms with Gasteiger partial charge in [-0.2, -0.15) is 0 Å². The average Bonchev–Trinajstić information content (AvgIpc) is 2.58. The van der Waals surface area contributed by atoms with E-state index >= 15 is 0 Å². The molecular weight excluding hydrogens is 256 g/mol. The third-order valence-corrected chi connectivity index (χ3v) is 5.25. The van der Waals surface area contributed by atoms with Gasteiger partial charge in [0.2, 0.25) is 0 Å². The van der Waals surface area contributed by atoms with Gasteiger partial charge in [0, 0.05) is 14.5 Å². The van der Waals surface area contributed by atoms with Gasteiger partial charge in [-0.3, -0.25) is 0 Å². The van der Waals surface area contributed by atoms with Crippen LogP contribution in [0.15, 0.2) is 12.7 Å². The average molecular weight is 286 g/mol. The summed E-state index contributed by atoms with van der Waals surface area (Å²) in [4.78, 5) is 11.1. The van der Waals surface area contributed by atoms with Gasteiger partial charge in [-0.05, 0) is 38.7 Å². The van der Waals surface area contributed by atoms with Crippen LogP contribution in [0.5, 0.6) is 0 Å². The predicted molar refractivity (Wildman–Crippen MR) is 81.8 cm³/mol. The van der Waals surface area contributed by atoms with Crippen molar-refractivity contribution in [2.45, 2.75) is 82.5 Å². The van der Waals surface area contributed by atoms with E-state index in [2.05, 4.69) is 33.1 Å². The molecule has 1 heterocycles. The predicted octanol–water partition coefficient (Wildman–Crippen LogP) is 3.91. The van der Waals surface area contributed by atoms with Crippen molar-refractivity contribution in [2.24, 2.45) is 0 Å². The van der Waals surface area contributed by atoms with Crippen molar-refractivity contribution in [3.8, 4) is 0 Å². The molecule has 0 saturated carbocycles. The molecule has 1 N–H and O–H groups in total. The lowest BCUT2D eigenvalue weighted by atomic mass is 9.92. The van der Waals surface area contributed by atoms with E-state index in [0.29, 0.717) is 6.42 Å². The zero-order valence-electron chi connectivity index (χ0n) is 12.9. The molecule has 0 aromatic heterocycles. The smallest absolute Gasteiger partial charge is 0.103 e. The maximum Gasteiger partial charge on any atom is 0.103 e. The highest BCUT2D eigenvalue weighted by atomic mass is 28.3. The second-order valence-electron chi connectivity index (χ2n) is 7.29. The van der Waals surface area contributed by atoms with Crippen LogP contribution in [0.4, 0.5) is 0 Å². The Bertz CT molecular complexity index is 288. The summed E-state index contributed by atoms with van der Waals surface area (Å²) < 4.78 is 0.